The van der Waals surface area contributed by atoms with Crippen LogP contribution < -0.4 is 5.32 Å². The number of hydrogen-bond donors (Lipinski definition) is 2. The van der Waals surface area contributed by atoms with E-state index < -0.39 is 34.0 Å². The Morgan fingerprint density at radius 3 is 2.29 bits per heavy atom. The highest BCUT2D eigenvalue weighted by Crippen LogP contribution is 2.67. The number of amides is 1. The van der Waals surface area contributed by atoms with Gasteiger partial charge in [-0.2, -0.15) is 0 Å². The van der Waals surface area contributed by atoms with E-state index in [1.165, 1.54) is 0 Å². The van der Waals surface area contributed by atoms with Gasteiger partial charge in [-0.1, -0.05) is 26.0 Å². The predicted molar refractivity (Wildman–Crippen MR) is 78.9 cm³/mol. The first-order valence-electron chi connectivity index (χ1n) is 7.31. The molecule has 0 aromatic heterocycles. The van der Waals surface area contributed by atoms with Gasteiger partial charge in [0.15, 0.2) is 0 Å². The number of hydrogen-bond acceptors (Lipinski definition) is 3. The van der Waals surface area contributed by atoms with Gasteiger partial charge in [0, 0.05) is 5.41 Å². The summed E-state index contributed by atoms with van der Waals surface area (Å²) in [7, 11) is 0. The van der Waals surface area contributed by atoms with Crippen LogP contribution in [0.4, 0.5) is 4.79 Å². The molecule has 1 amide bonds. The summed E-state index contributed by atoms with van der Waals surface area (Å²) < 4.78 is 5.34. The Morgan fingerprint density at radius 1 is 1.29 bits per heavy atom. The first-order valence-corrected chi connectivity index (χ1v) is 7.31. The molecule has 2 atom stereocenters. The third kappa shape index (κ3) is 2.14. The molecule has 0 aromatic rings. The van der Waals surface area contributed by atoms with Crippen LogP contribution in [0.1, 0.15) is 53.9 Å². The molecule has 21 heavy (non-hydrogen) atoms. The van der Waals surface area contributed by atoms with Gasteiger partial charge < -0.3 is 15.2 Å². The van der Waals surface area contributed by atoms with E-state index in [2.05, 4.69) is 11.9 Å². The molecule has 0 spiro atoms. The van der Waals surface area contributed by atoms with E-state index in [-0.39, 0.29) is 0 Å². The number of alkyl carbamates (subject to hydrolysis) is 1. The maximum atomic E-state index is 12.2. The number of carbonyl (C=O) groups excluding carboxylic acids is 1. The monoisotopic (exact) mass is 295 g/mol. The fraction of sp³-hybridized carbons (Fsp3) is 0.750. The predicted octanol–water partition coefficient (Wildman–Crippen LogP) is 3.10. The highest BCUT2D eigenvalue weighted by molar-refractivity contribution is 5.82. The molecule has 2 rings (SSSR count). The normalized spacial score (nSPS) is 33.9. The Kier molecular flexibility index (Phi) is 3.20. The molecular weight excluding hydrogens is 270 g/mol. The van der Waals surface area contributed by atoms with Crippen LogP contribution >= 0.6 is 0 Å². The van der Waals surface area contributed by atoms with Crippen LogP contribution in [0.2, 0.25) is 0 Å². The van der Waals surface area contributed by atoms with Crippen molar-refractivity contribution in [2.45, 2.75) is 65.0 Å². The van der Waals surface area contributed by atoms with Crippen molar-refractivity contribution in [3.8, 4) is 0 Å². The van der Waals surface area contributed by atoms with Crippen LogP contribution in [-0.4, -0.2) is 28.3 Å². The highest BCUT2D eigenvalue weighted by atomic mass is 16.6. The van der Waals surface area contributed by atoms with Gasteiger partial charge in [0.1, 0.15) is 5.60 Å². The van der Waals surface area contributed by atoms with Gasteiger partial charge in [-0.3, -0.25) is 4.79 Å². The molecular formula is C16H25NO4. The second kappa shape index (κ2) is 4.24. The number of carboxylic acid groups (broad SMARTS) is 1. The molecule has 118 valence electrons. The number of fused-ring (bicyclic) bond motifs is 2. The number of rotatable bonds is 2. The number of carboxylic acids is 1. The zero-order valence-corrected chi connectivity index (χ0v) is 13.5. The van der Waals surface area contributed by atoms with Crippen molar-refractivity contribution >= 4 is 12.1 Å². The molecule has 2 N–H and O–H groups in total. The maximum absolute atomic E-state index is 12.2. The summed E-state index contributed by atoms with van der Waals surface area (Å²) in [5, 5.41) is 12.6. The van der Waals surface area contributed by atoms with Gasteiger partial charge in [-0.15, -0.1) is 0 Å². The lowest BCUT2D eigenvalue weighted by Crippen LogP contribution is -2.56. The molecule has 0 radical (unpaired) electrons. The molecule has 2 aliphatic carbocycles. The fourth-order valence-corrected chi connectivity index (χ4v) is 3.87. The fourth-order valence-electron chi connectivity index (χ4n) is 3.87. The minimum Gasteiger partial charge on any atom is -0.481 e. The molecule has 5 heteroatoms. The Bertz CT molecular complexity index is 517. The largest absolute Gasteiger partial charge is 0.481 e. The lowest BCUT2D eigenvalue weighted by atomic mass is 9.65. The van der Waals surface area contributed by atoms with Crippen LogP contribution in [0.5, 0.6) is 0 Å². The van der Waals surface area contributed by atoms with Crippen molar-refractivity contribution in [1.29, 1.82) is 0 Å². The van der Waals surface area contributed by atoms with Gasteiger partial charge in [0.2, 0.25) is 0 Å². The van der Waals surface area contributed by atoms with E-state index >= 15 is 0 Å². The van der Waals surface area contributed by atoms with E-state index in [4.69, 9.17) is 4.74 Å². The summed E-state index contributed by atoms with van der Waals surface area (Å²) in [5.74, 6) is -0.842. The summed E-state index contributed by atoms with van der Waals surface area (Å²) in [5.41, 5.74) is -1.86. The van der Waals surface area contributed by atoms with E-state index in [1.807, 2.05) is 13.8 Å². The first kappa shape index (κ1) is 15.9. The Morgan fingerprint density at radius 2 is 1.86 bits per heavy atom. The third-order valence-electron chi connectivity index (χ3n) is 5.26. The third-order valence-corrected chi connectivity index (χ3v) is 5.26. The average molecular weight is 295 g/mol. The molecule has 2 bridgehead atoms. The average Bonchev–Trinajstić information content (AvgIpc) is 2.73. The van der Waals surface area contributed by atoms with E-state index in [1.54, 1.807) is 20.8 Å². The Balaban J connectivity index is 2.29. The summed E-state index contributed by atoms with van der Waals surface area (Å²) in [6.07, 6.45) is 1.04. The van der Waals surface area contributed by atoms with Gasteiger partial charge in [-0.05, 0) is 40.0 Å². The number of carbonyl (C=O) groups is 2. The van der Waals surface area contributed by atoms with Crippen molar-refractivity contribution in [3.63, 3.8) is 0 Å². The van der Waals surface area contributed by atoms with Crippen LogP contribution in [-0.2, 0) is 9.53 Å². The van der Waals surface area contributed by atoms with Crippen LogP contribution in [0.3, 0.4) is 0 Å². The van der Waals surface area contributed by atoms with Crippen molar-refractivity contribution < 1.29 is 19.4 Å². The zero-order valence-electron chi connectivity index (χ0n) is 13.5. The van der Waals surface area contributed by atoms with E-state index in [0.717, 1.165) is 0 Å². The highest BCUT2D eigenvalue weighted by Gasteiger charge is 2.70. The van der Waals surface area contributed by atoms with Gasteiger partial charge in [0.05, 0.1) is 11.0 Å². The zero-order chi connectivity index (χ0) is 16.3. The van der Waals surface area contributed by atoms with E-state index in [0.29, 0.717) is 24.8 Å². The Labute approximate surface area is 125 Å². The van der Waals surface area contributed by atoms with Gasteiger partial charge >= 0.3 is 12.1 Å². The summed E-state index contributed by atoms with van der Waals surface area (Å²) in [6.45, 7) is 13.4. The standard InChI is InChI=1S/C16H25NO4/c1-10-14(5,6)16(17-12(20)21-13(2,3)4)8-7-15(10,9-16)11(18)19/h1,7-9H2,2-6H3,(H,17,20)(H,18,19)/t15-,16+/m1/s1. The van der Waals surface area contributed by atoms with Crippen molar-refractivity contribution in [2.75, 3.05) is 0 Å². The molecule has 0 aromatic carbocycles. The van der Waals surface area contributed by atoms with Crippen molar-refractivity contribution in [3.05, 3.63) is 12.2 Å². The molecule has 0 saturated heterocycles. The smallest absolute Gasteiger partial charge is 0.408 e. The number of aliphatic carboxylic acids is 1. The second-order valence-electron chi connectivity index (χ2n) is 7.88. The van der Waals surface area contributed by atoms with Crippen LogP contribution in [0.15, 0.2) is 12.2 Å². The second-order valence-corrected chi connectivity index (χ2v) is 7.88. The van der Waals surface area contributed by atoms with Crippen LogP contribution in [0.25, 0.3) is 0 Å². The molecule has 0 unspecified atom stereocenters. The summed E-state index contributed by atoms with van der Waals surface area (Å²) in [6, 6.07) is 0. The number of nitrogens with one attached hydrogen (secondary N) is 1. The summed E-state index contributed by atoms with van der Waals surface area (Å²) >= 11 is 0. The van der Waals surface area contributed by atoms with Crippen molar-refractivity contribution in [1.82, 2.24) is 5.32 Å². The van der Waals surface area contributed by atoms with Crippen LogP contribution in [0, 0.1) is 10.8 Å². The first-order chi connectivity index (χ1) is 9.36. The quantitative estimate of drug-likeness (QED) is 0.768. The topological polar surface area (TPSA) is 75.6 Å². The molecule has 0 heterocycles. The minimum absolute atomic E-state index is 0.389. The molecule has 2 saturated carbocycles. The maximum Gasteiger partial charge on any atom is 0.408 e. The lowest BCUT2D eigenvalue weighted by Gasteiger charge is -2.44. The Hall–Kier alpha value is -1.52. The van der Waals surface area contributed by atoms with Gasteiger partial charge in [0.25, 0.3) is 0 Å². The SMILES string of the molecule is C=C1C(C)(C)[C@]2(NC(=O)OC(C)(C)C)CC[C@@]1(C(=O)O)C2. The lowest BCUT2D eigenvalue weighted by molar-refractivity contribution is -0.146. The van der Waals surface area contributed by atoms with Gasteiger partial charge in [-0.25, -0.2) is 4.79 Å². The minimum atomic E-state index is -0.918. The molecule has 2 aliphatic rings. The molecule has 5 nitrogen and oxygen atoms in total. The van der Waals surface area contributed by atoms with Crippen molar-refractivity contribution in [2.24, 2.45) is 10.8 Å². The molecule has 2 fully saturated rings. The number of ether oxygens (including phenoxy) is 1. The van der Waals surface area contributed by atoms with E-state index in [9.17, 15) is 14.7 Å². The summed E-state index contributed by atoms with van der Waals surface area (Å²) in [4.78, 5) is 23.9. The molecule has 0 aliphatic heterocycles.